The summed E-state index contributed by atoms with van der Waals surface area (Å²) in [4.78, 5) is 12.0. The molecule has 2 aromatic rings. The van der Waals surface area contributed by atoms with Crippen molar-refractivity contribution in [3.63, 3.8) is 0 Å². The topological polar surface area (TPSA) is 81.1 Å². The first-order chi connectivity index (χ1) is 12.0. The number of hydrogen-bond acceptors (Lipinski definition) is 6. The Bertz CT molecular complexity index is 771. The van der Waals surface area contributed by atoms with Crippen molar-refractivity contribution in [2.75, 3.05) is 18.3 Å². The Morgan fingerprint density at radius 2 is 2.08 bits per heavy atom. The molecule has 0 bridgehead atoms. The number of thiocarbonyl (C=S) groups is 1. The van der Waals surface area contributed by atoms with E-state index < -0.39 is 0 Å². The minimum atomic E-state index is -0.330. The highest BCUT2D eigenvalue weighted by molar-refractivity contribution is 7.99. The molecule has 1 aromatic carbocycles. The van der Waals surface area contributed by atoms with Crippen LogP contribution in [0, 0.1) is 6.92 Å². The summed E-state index contributed by atoms with van der Waals surface area (Å²) in [7, 11) is 1.61. The van der Waals surface area contributed by atoms with E-state index in [1.54, 1.807) is 24.8 Å². The van der Waals surface area contributed by atoms with Crippen molar-refractivity contribution in [2.45, 2.75) is 19.0 Å². The van der Waals surface area contributed by atoms with Crippen LogP contribution in [-0.4, -0.2) is 38.8 Å². The van der Waals surface area contributed by atoms with Gasteiger partial charge in [0.2, 0.25) is 11.1 Å². The molecule has 0 fully saturated rings. The molecule has 0 spiro atoms. The van der Waals surface area contributed by atoms with Crippen LogP contribution in [0.15, 0.2) is 35.5 Å². The standard InChI is InChI=1S/C16H19N5O2S2/c1-4-25-16-19-18-11(2)21(16)20-15(24)17-14(22)10-7-12-5-8-13(23-3)9-6-12/h5-10H,4H2,1-3H3,(H2,17,20,22,24). The fraction of sp³-hybridized carbons (Fsp3) is 0.250. The Morgan fingerprint density at radius 1 is 1.36 bits per heavy atom. The fourth-order valence-corrected chi connectivity index (χ4v) is 2.72. The number of hydrogen-bond donors (Lipinski definition) is 2. The summed E-state index contributed by atoms with van der Waals surface area (Å²) in [6.45, 7) is 3.82. The van der Waals surface area contributed by atoms with Crippen molar-refractivity contribution in [3.05, 3.63) is 41.7 Å². The summed E-state index contributed by atoms with van der Waals surface area (Å²) in [5.74, 6) is 1.94. The van der Waals surface area contributed by atoms with E-state index in [1.807, 2.05) is 31.2 Å². The van der Waals surface area contributed by atoms with Crippen LogP contribution in [0.5, 0.6) is 5.75 Å². The molecule has 0 aliphatic rings. The largest absolute Gasteiger partial charge is 0.497 e. The van der Waals surface area contributed by atoms with Crippen LogP contribution >= 0.6 is 24.0 Å². The van der Waals surface area contributed by atoms with Gasteiger partial charge in [0, 0.05) is 6.08 Å². The third kappa shape index (κ3) is 5.57. The van der Waals surface area contributed by atoms with Crippen molar-refractivity contribution >= 4 is 41.1 Å². The molecule has 9 heteroatoms. The van der Waals surface area contributed by atoms with Crippen LogP contribution in [0.25, 0.3) is 6.08 Å². The normalized spacial score (nSPS) is 10.7. The molecule has 2 N–H and O–H groups in total. The lowest BCUT2D eigenvalue weighted by molar-refractivity contribution is -0.115. The summed E-state index contributed by atoms with van der Waals surface area (Å²) >= 11 is 6.69. The first-order valence-electron chi connectivity index (χ1n) is 7.52. The quantitative estimate of drug-likeness (QED) is 0.454. The number of carbonyl (C=O) groups is 1. The zero-order chi connectivity index (χ0) is 18.2. The predicted octanol–water partition coefficient (Wildman–Crippen LogP) is 2.37. The molecule has 1 heterocycles. The average molecular weight is 377 g/mol. The third-order valence-electron chi connectivity index (χ3n) is 3.06. The van der Waals surface area contributed by atoms with Crippen LogP contribution in [0.2, 0.25) is 0 Å². The highest BCUT2D eigenvalue weighted by Gasteiger charge is 2.10. The Kier molecular flexibility index (Phi) is 6.96. The molecule has 0 aliphatic carbocycles. The maximum Gasteiger partial charge on any atom is 0.250 e. The van der Waals surface area contributed by atoms with Crippen LogP contribution < -0.4 is 15.5 Å². The molecule has 7 nitrogen and oxygen atoms in total. The van der Waals surface area contributed by atoms with Crippen LogP contribution in [0.3, 0.4) is 0 Å². The minimum absolute atomic E-state index is 0.172. The first-order valence-corrected chi connectivity index (χ1v) is 8.91. The number of methoxy groups -OCH3 is 1. The van der Waals surface area contributed by atoms with Crippen molar-refractivity contribution in [3.8, 4) is 5.75 Å². The average Bonchev–Trinajstić information content (AvgIpc) is 2.94. The second kappa shape index (κ2) is 9.19. The number of rotatable bonds is 6. The second-order valence-corrected chi connectivity index (χ2v) is 6.47. The zero-order valence-corrected chi connectivity index (χ0v) is 15.8. The highest BCUT2D eigenvalue weighted by atomic mass is 32.2. The number of nitrogens with one attached hydrogen (secondary N) is 2. The van der Waals surface area contributed by atoms with Gasteiger partial charge in [0.15, 0.2) is 5.11 Å². The lowest BCUT2D eigenvalue weighted by Crippen LogP contribution is -2.37. The van der Waals surface area contributed by atoms with Crippen LogP contribution in [-0.2, 0) is 4.79 Å². The molecule has 1 amide bonds. The summed E-state index contributed by atoms with van der Waals surface area (Å²) in [6, 6.07) is 7.36. The van der Waals surface area contributed by atoms with Gasteiger partial charge in [0.25, 0.3) is 0 Å². The monoisotopic (exact) mass is 377 g/mol. The maximum atomic E-state index is 12.0. The molecule has 1 aromatic heterocycles. The molecule has 0 atom stereocenters. The van der Waals surface area contributed by atoms with Crippen molar-refractivity contribution in [2.24, 2.45) is 0 Å². The van der Waals surface area contributed by atoms with Crippen LogP contribution in [0.4, 0.5) is 0 Å². The van der Waals surface area contributed by atoms with Gasteiger partial charge in [-0.3, -0.25) is 15.5 Å². The minimum Gasteiger partial charge on any atom is -0.497 e. The molecule has 0 saturated heterocycles. The number of aryl methyl sites for hydroxylation is 1. The Morgan fingerprint density at radius 3 is 2.72 bits per heavy atom. The number of ether oxygens (including phenoxy) is 1. The van der Waals surface area contributed by atoms with Gasteiger partial charge >= 0.3 is 0 Å². The lowest BCUT2D eigenvalue weighted by Gasteiger charge is -2.11. The Balaban J connectivity index is 1.92. The first kappa shape index (κ1) is 18.9. The summed E-state index contributed by atoms with van der Waals surface area (Å²) in [6.07, 6.45) is 3.11. The molecule has 25 heavy (non-hydrogen) atoms. The molecule has 0 unspecified atom stereocenters. The Labute approximate surface area is 155 Å². The maximum absolute atomic E-state index is 12.0. The van der Waals surface area contributed by atoms with Gasteiger partial charge in [-0.05, 0) is 48.7 Å². The molecule has 0 radical (unpaired) electrons. The number of amides is 1. The predicted molar refractivity (Wildman–Crippen MR) is 103 cm³/mol. The number of carbonyl (C=O) groups excluding carboxylic acids is 1. The third-order valence-corrected chi connectivity index (χ3v) is 4.07. The Hall–Kier alpha value is -2.39. The van der Waals surface area contributed by atoms with E-state index in [9.17, 15) is 4.79 Å². The molecular formula is C16H19N5O2S2. The highest BCUT2D eigenvalue weighted by Crippen LogP contribution is 2.14. The molecule has 0 saturated carbocycles. The summed E-state index contributed by atoms with van der Waals surface area (Å²) in [5.41, 5.74) is 3.79. The SMILES string of the molecule is CCSc1nnc(C)n1NC(=S)NC(=O)C=Cc1ccc(OC)cc1. The lowest BCUT2D eigenvalue weighted by atomic mass is 10.2. The van der Waals surface area contributed by atoms with E-state index in [0.29, 0.717) is 11.0 Å². The van der Waals surface area contributed by atoms with Gasteiger partial charge in [0.05, 0.1) is 7.11 Å². The summed E-state index contributed by atoms with van der Waals surface area (Å²) < 4.78 is 6.73. The van der Waals surface area contributed by atoms with Gasteiger partial charge in [-0.2, -0.15) is 0 Å². The molecule has 2 rings (SSSR count). The van der Waals surface area contributed by atoms with E-state index >= 15 is 0 Å². The second-order valence-electron chi connectivity index (χ2n) is 4.83. The van der Waals surface area contributed by atoms with Gasteiger partial charge in [-0.1, -0.05) is 30.8 Å². The van der Waals surface area contributed by atoms with E-state index in [2.05, 4.69) is 20.9 Å². The molecule has 0 aliphatic heterocycles. The van der Waals surface area contributed by atoms with Crippen molar-refractivity contribution in [1.29, 1.82) is 0 Å². The number of benzene rings is 1. The van der Waals surface area contributed by atoms with Gasteiger partial charge < -0.3 is 4.74 Å². The van der Waals surface area contributed by atoms with E-state index in [4.69, 9.17) is 17.0 Å². The number of thioether (sulfide) groups is 1. The van der Waals surface area contributed by atoms with E-state index in [0.717, 1.165) is 17.1 Å². The van der Waals surface area contributed by atoms with Crippen molar-refractivity contribution < 1.29 is 9.53 Å². The zero-order valence-electron chi connectivity index (χ0n) is 14.1. The van der Waals surface area contributed by atoms with Crippen molar-refractivity contribution in [1.82, 2.24) is 20.2 Å². The van der Waals surface area contributed by atoms with E-state index in [-0.39, 0.29) is 11.0 Å². The number of aromatic nitrogens is 3. The summed E-state index contributed by atoms with van der Waals surface area (Å²) in [5, 5.41) is 11.5. The van der Waals surface area contributed by atoms with Gasteiger partial charge in [-0.25, -0.2) is 4.68 Å². The van der Waals surface area contributed by atoms with Crippen LogP contribution in [0.1, 0.15) is 18.3 Å². The van der Waals surface area contributed by atoms with E-state index in [1.165, 1.54) is 17.8 Å². The molecular weight excluding hydrogens is 358 g/mol. The fourth-order valence-electron chi connectivity index (χ4n) is 1.86. The smallest absolute Gasteiger partial charge is 0.250 e. The number of nitrogens with zero attached hydrogens (tertiary/aromatic N) is 3. The van der Waals surface area contributed by atoms with Gasteiger partial charge in [-0.15, -0.1) is 10.2 Å². The van der Waals surface area contributed by atoms with Gasteiger partial charge in [0.1, 0.15) is 11.6 Å². The molecule has 132 valence electrons.